The molecule has 0 aliphatic rings. The zero-order valence-electron chi connectivity index (χ0n) is 26.2. The van der Waals surface area contributed by atoms with Crippen molar-refractivity contribution in [2.75, 3.05) is 0 Å². The van der Waals surface area contributed by atoms with Gasteiger partial charge >= 0.3 is 42.1 Å². The van der Waals surface area contributed by atoms with Crippen LogP contribution in [0, 0.1) is 24.3 Å². The molecule has 51 heavy (non-hydrogen) atoms. The summed E-state index contributed by atoms with van der Waals surface area (Å²) in [6.07, 6.45) is 8.31. The van der Waals surface area contributed by atoms with E-state index in [0.717, 1.165) is 33.3 Å². The summed E-state index contributed by atoms with van der Waals surface area (Å²) >= 11 is 0. The second-order valence-electron chi connectivity index (χ2n) is 11.0. The van der Waals surface area contributed by atoms with Gasteiger partial charge in [0.25, 0.3) is 0 Å². The van der Waals surface area contributed by atoms with Crippen molar-refractivity contribution >= 4 is 32.8 Å². The first-order valence-electron chi connectivity index (χ1n) is 15.3. The Morgan fingerprint density at radius 3 is 1.61 bits per heavy atom. The average Bonchev–Trinajstić information content (AvgIpc) is 3.48. The molecule has 0 saturated carbocycles. The third-order valence-corrected chi connectivity index (χ3v) is 7.84. The molecule has 5 heterocycles. The van der Waals surface area contributed by atoms with E-state index in [4.69, 9.17) is 14.5 Å². The Kier molecular flexibility index (Phi) is 9.76. The number of benzene rings is 4. The quantitative estimate of drug-likeness (QED) is 0.147. The summed E-state index contributed by atoms with van der Waals surface area (Å²) in [5.41, 5.74) is 5.88. The summed E-state index contributed by atoms with van der Waals surface area (Å²) in [5.74, 6) is 2.45. The number of ether oxygens (including phenoxy) is 2. The van der Waals surface area contributed by atoms with Crippen molar-refractivity contribution in [3.63, 3.8) is 0 Å². The van der Waals surface area contributed by atoms with Crippen molar-refractivity contribution in [2.24, 2.45) is 0 Å². The zero-order chi connectivity index (χ0) is 32.6. The van der Waals surface area contributed by atoms with Crippen molar-refractivity contribution in [3.8, 4) is 51.5 Å². The smallest absolute Gasteiger partial charge is 0.503 e. The number of hydrogen-bond acceptors (Lipinski definition) is 8. The number of aromatic nitrogens is 7. The number of nitrogens with zero attached hydrogens (tertiary/aromatic N) is 7. The Bertz CT molecular complexity index is 2500. The second-order valence-corrected chi connectivity index (χ2v) is 11.0. The molecular formula is C40H21N7O2Pt2. The Morgan fingerprint density at radius 1 is 0.490 bits per heavy atom. The molecule has 0 aliphatic carbocycles. The van der Waals surface area contributed by atoms with Gasteiger partial charge in [-0.05, 0) is 23.5 Å². The van der Waals surface area contributed by atoms with Crippen LogP contribution in [0.1, 0.15) is 0 Å². The maximum atomic E-state index is 6.30. The summed E-state index contributed by atoms with van der Waals surface area (Å²) in [4.78, 5) is 26.8. The van der Waals surface area contributed by atoms with Crippen molar-refractivity contribution in [2.45, 2.75) is 0 Å². The van der Waals surface area contributed by atoms with E-state index in [2.05, 4.69) is 49.2 Å². The van der Waals surface area contributed by atoms with Gasteiger partial charge in [0.15, 0.2) is 0 Å². The summed E-state index contributed by atoms with van der Waals surface area (Å²) < 4.78 is 14.5. The standard InChI is InChI=1S/C40H21N7O2.2Pt/c1-3-17-42-34(11-1)26-7-5-9-28(19-26)48-30-13-15-32-33-16-14-31(49-29-10-6-8-27(20-29)35-12-2-4-18-43-35)22-39(33)47(38(32)21-30)40-44-24-36-37(46-40)23-41-25-45-36;;/h1-18,23-25H;;/q-4;2*+2. The number of rotatable bonds is 7. The van der Waals surface area contributed by atoms with Crippen molar-refractivity contribution in [1.82, 2.24) is 34.5 Å². The van der Waals surface area contributed by atoms with E-state index >= 15 is 0 Å². The van der Waals surface area contributed by atoms with Crippen molar-refractivity contribution in [1.29, 1.82) is 0 Å². The van der Waals surface area contributed by atoms with Gasteiger partial charge < -0.3 is 24.0 Å². The molecule has 4 aromatic carbocycles. The fourth-order valence-electron chi connectivity index (χ4n) is 5.62. The topological polar surface area (TPSA) is 101 Å². The summed E-state index contributed by atoms with van der Waals surface area (Å²) in [6.45, 7) is 0. The molecule has 9 nitrogen and oxygen atoms in total. The van der Waals surface area contributed by atoms with E-state index in [1.807, 2.05) is 102 Å². The van der Waals surface area contributed by atoms with Crippen LogP contribution in [-0.4, -0.2) is 34.5 Å². The van der Waals surface area contributed by atoms with Crippen LogP contribution in [-0.2, 0) is 42.1 Å². The van der Waals surface area contributed by atoms with Gasteiger partial charge in [0, 0.05) is 35.4 Å². The van der Waals surface area contributed by atoms with Crippen LogP contribution in [0.15, 0.2) is 128 Å². The first kappa shape index (κ1) is 33.9. The minimum Gasteiger partial charge on any atom is -0.503 e. The molecule has 0 spiro atoms. The second kappa shape index (κ2) is 14.7. The minimum absolute atomic E-state index is 0. The molecule has 0 atom stereocenters. The number of hydrogen-bond donors (Lipinski definition) is 0. The van der Waals surface area contributed by atoms with Gasteiger partial charge in [0.05, 0.1) is 12.4 Å². The largest absolute Gasteiger partial charge is 2.00 e. The molecule has 5 aromatic heterocycles. The molecule has 0 amide bonds. The monoisotopic (exact) mass is 1020 g/mol. The minimum atomic E-state index is 0. The molecular weight excluding hydrogens is 1000 g/mol. The fourth-order valence-corrected chi connectivity index (χ4v) is 5.62. The Balaban J connectivity index is 0.00000203. The average molecular weight is 1020 g/mol. The van der Waals surface area contributed by atoms with Crippen LogP contribution < -0.4 is 9.47 Å². The third kappa shape index (κ3) is 6.78. The summed E-state index contributed by atoms with van der Waals surface area (Å²) in [5, 5.41) is 1.82. The molecule has 0 unspecified atom stereocenters. The third-order valence-electron chi connectivity index (χ3n) is 7.84. The van der Waals surface area contributed by atoms with E-state index in [0.29, 0.717) is 51.0 Å². The van der Waals surface area contributed by atoms with Crippen LogP contribution in [0.5, 0.6) is 23.0 Å². The normalized spacial score (nSPS) is 10.8. The zero-order valence-corrected chi connectivity index (χ0v) is 30.7. The molecule has 9 rings (SSSR count). The van der Waals surface area contributed by atoms with Crippen molar-refractivity contribution in [3.05, 3.63) is 152 Å². The molecule has 0 aliphatic heterocycles. The van der Waals surface area contributed by atoms with Crippen LogP contribution in [0.25, 0.3) is 61.3 Å². The SMILES string of the molecule is [Pt+2].[Pt+2].[c-]1c(Oc2[c-]c3c(cc2)c2ccc(Oc4[c-]c(-c5ccccn5)ccc4)[c-]c2n3-c2ncc3ncncc3n2)cccc1-c1ccccn1. The first-order valence-corrected chi connectivity index (χ1v) is 15.3. The van der Waals surface area contributed by atoms with Crippen LogP contribution in [0.4, 0.5) is 0 Å². The molecule has 0 bridgehead atoms. The van der Waals surface area contributed by atoms with Gasteiger partial charge in [-0.25, -0.2) is 19.9 Å². The fraction of sp³-hybridized carbons (Fsp3) is 0. The molecule has 0 N–H and O–H groups in total. The van der Waals surface area contributed by atoms with Gasteiger partial charge in [-0.1, -0.05) is 47.4 Å². The van der Waals surface area contributed by atoms with Crippen LogP contribution in [0.3, 0.4) is 0 Å². The van der Waals surface area contributed by atoms with E-state index in [-0.39, 0.29) is 42.1 Å². The predicted molar refractivity (Wildman–Crippen MR) is 184 cm³/mol. The predicted octanol–water partition coefficient (Wildman–Crippen LogP) is 8.42. The number of fused-ring (bicyclic) bond motifs is 4. The van der Waals surface area contributed by atoms with Gasteiger partial charge in [-0.3, -0.25) is 0 Å². The van der Waals surface area contributed by atoms with E-state index in [9.17, 15) is 0 Å². The van der Waals surface area contributed by atoms with Crippen molar-refractivity contribution < 1.29 is 51.6 Å². The molecule has 0 saturated heterocycles. The molecule has 248 valence electrons. The van der Waals surface area contributed by atoms with Gasteiger partial charge in [-0.15, -0.1) is 71.8 Å². The van der Waals surface area contributed by atoms with Crippen LogP contribution >= 0.6 is 0 Å². The van der Waals surface area contributed by atoms with E-state index in [1.165, 1.54) is 6.33 Å². The Hall–Kier alpha value is -5.62. The van der Waals surface area contributed by atoms with E-state index in [1.54, 1.807) is 24.8 Å². The molecule has 0 fully saturated rings. The maximum Gasteiger partial charge on any atom is 2.00 e. The maximum absolute atomic E-state index is 6.30. The summed E-state index contributed by atoms with van der Waals surface area (Å²) in [6, 6.07) is 44.2. The Labute approximate surface area is 321 Å². The first-order chi connectivity index (χ1) is 24.2. The van der Waals surface area contributed by atoms with Gasteiger partial charge in [0.1, 0.15) is 17.4 Å². The Morgan fingerprint density at radius 2 is 1.06 bits per heavy atom. The van der Waals surface area contributed by atoms with Crippen LogP contribution in [0.2, 0.25) is 0 Å². The van der Waals surface area contributed by atoms with Gasteiger partial charge in [-0.2, -0.15) is 22.9 Å². The molecule has 0 radical (unpaired) electrons. The van der Waals surface area contributed by atoms with E-state index < -0.39 is 0 Å². The summed E-state index contributed by atoms with van der Waals surface area (Å²) in [7, 11) is 0. The number of pyridine rings is 2. The molecule has 9 aromatic rings. The van der Waals surface area contributed by atoms with Gasteiger partial charge in [0.2, 0.25) is 5.95 Å². The molecule has 11 heteroatoms.